The molecule has 0 heterocycles. The van der Waals surface area contributed by atoms with Crippen molar-refractivity contribution < 1.29 is 4.74 Å². The van der Waals surface area contributed by atoms with Crippen molar-refractivity contribution in [1.29, 1.82) is 0 Å². The molecule has 154 valence electrons. The summed E-state index contributed by atoms with van der Waals surface area (Å²) in [5.41, 5.74) is 3.93. The molecular weight excluding hydrogens is 376 g/mol. The molecule has 0 N–H and O–H groups in total. The second-order valence-electron chi connectivity index (χ2n) is 7.97. The minimum absolute atomic E-state index is 0.870. The fourth-order valence-corrected chi connectivity index (χ4v) is 3.67. The molecule has 0 radical (unpaired) electrons. The van der Waals surface area contributed by atoms with Crippen LogP contribution in [0.1, 0.15) is 23.6 Å². The van der Waals surface area contributed by atoms with E-state index in [1.165, 1.54) is 38.2 Å². The van der Waals surface area contributed by atoms with Crippen LogP contribution < -0.4 is 4.74 Å². The van der Waals surface area contributed by atoms with E-state index >= 15 is 0 Å². The molecule has 5 aromatic rings. The van der Waals surface area contributed by atoms with E-state index in [1.807, 2.05) is 18.2 Å². The van der Waals surface area contributed by atoms with Crippen molar-refractivity contribution in [1.82, 2.24) is 0 Å². The minimum atomic E-state index is 0.870. The lowest BCUT2D eigenvalue weighted by atomic mass is 10.1. The Morgan fingerprint density at radius 3 is 1.45 bits per heavy atom. The van der Waals surface area contributed by atoms with Crippen LogP contribution in [0.25, 0.3) is 21.5 Å². The summed E-state index contributed by atoms with van der Waals surface area (Å²) in [6, 6.07) is 35.9. The summed E-state index contributed by atoms with van der Waals surface area (Å²) < 4.78 is 6.07. The molecule has 0 unspecified atom stereocenters. The molecule has 0 aliphatic rings. The zero-order chi connectivity index (χ0) is 21.6. The predicted octanol–water partition coefficient (Wildman–Crippen LogP) is 8.65. The van der Waals surface area contributed by atoms with Gasteiger partial charge in [0.15, 0.2) is 0 Å². The molecule has 5 rings (SSSR count). The van der Waals surface area contributed by atoms with Gasteiger partial charge in [0.05, 0.1) is 0 Å². The molecule has 0 aliphatic heterocycles. The first-order chi connectivity index (χ1) is 15.1. The Balaban J connectivity index is 0.000000245. The number of hydrogen-bond donors (Lipinski definition) is 0. The van der Waals surface area contributed by atoms with Gasteiger partial charge in [0.1, 0.15) is 11.5 Å². The molecule has 5 aromatic carbocycles. The Labute approximate surface area is 184 Å². The van der Waals surface area contributed by atoms with Crippen molar-refractivity contribution >= 4 is 21.5 Å². The van der Waals surface area contributed by atoms with Crippen LogP contribution in [0.15, 0.2) is 103 Å². The summed E-state index contributed by atoms with van der Waals surface area (Å²) >= 11 is 0. The molecule has 1 nitrogen and oxygen atoms in total. The first-order valence-corrected chi connectivity index (χ1v) is 10.8. The first kappa shape index (κ1) is 20.7. The molecule has 0 saturated carbocycles. The Hall–Kier alpha value is -3.58. The van der Waals surface area contributed by atoms with Gasteiger partial charge in [-0.25, -0.2) is 0 Å². The Bertz CT molecular complexity index is 1220. The maximum atomic E-state index is 6.07. The Kier molecular flexibility index (Phi) is 6.33. The molecule has 1 heteroatoms. The summed E-state index contributed by atoms with van der Waals surface area (Å²) in [6.45, 7) is 6.38. The second kappa shape index (κ2) is 9.49. The van der Waals surface area contributed by atoms with Crippen LogP contribution >= 0.6 is 0 Å². The number of hydrogen-bond acceptors (Lipinski definition) is 1. The third-order valence-corrected chi connectivity index (χ3v) is 5.42. The van der Waals surface area contributed by atoms with Gasteiger partial charge in [0.2, 0.25) is 0 Å². The molecule has 0 atom stereocenters. The number of aryl methyl sites for hydroxylation is 3. The van der Waals surface area contributed by atoms with Crippen LogP contribution in [0, 0.1) is 13.8 Å². The van der Waals surface area contributed by atoms with Crippen LogP contribution in [-0.2, 0) is 6.42 Å². The van der Waals surface area contributed by atoms with Gasteiger partial charge < -0.3 is 4.74 Å². The first-order valence-electron chi connectivity index (χ1n) is 10.8. The van der Waals surface area contributed by atoms with Gasteiger partial charge in [0, 0.05) is 0 Å². The average Bonchev–Trinajstić information content (AvgIpc) is 2.79. The van der Waals surface area contributed by atoms with Gasteiger partial charge in [-0.15, -0.1) is 0 Å². The summed E-state index contributed by atoms with van der Waals surface area (Å²) in [5.74, 6) is 1.74. The van der Waals surface area contributed by atoms with Crippen molar-refractivity contribution in [2.75, 3.05) is 0 Å². The lowest BCUT2D eigenvalue weighted by Crippen LogP contribution is -1.85. The van der Waals surface area contributed by atoms with E-state index in [9.17, 15) is 0 Å². The maximum absolute atomic E-state index is 6.07. The SMILES string of the molecule is CCc1ccccc1.Cc1ccc2ccc(Oc3ccc4ccc(C)cc4c3)cc2c1. The third kappa shape index (κ3) is 5.32. The minimum Gasteiger partial charge on any atom is -0.457 e. The highest BCUT2D eigenvalue weighted by molar-refractivity contribution is 5.86. The predicted molar refractivity (Wildman–Crippen MR) is 133 cm³/mol. The van der Waals surface area contributed by atoms with Crippen LogP contribution in [-0.4, -0.2) is 0 Å². The fraction of sp³-hybridized carbons (Fsp3) is 0.133. The van der Waals surface area contributed by atoms with E-state index in [-0.39, 0.29) is 0 Å². The smallest absolute Gasteiger partial charge is 0.128 e. The monoisotopic (exact) mass is 404 g/mol. The van der Waals surface area contributed by atoms with E-state index in [0.717, 1.165) is 17.9 Å². The van der Waals surface area contributed by atoms with Crippen LogP contribution in [0.4, 0.5) is 0 Å². The molecule has 0 aromatic heterocycles. The van der Waals surface area contributed by atoms with E-state index in [1.54, 1.807) is 0 Å². The highest BCUT2D eigenvalue weighted by Crippen LogP contribution is 2.29. The van der Waals surface area contributed by atoms with Crippen LogP contribution in [0.2, 0.25) is 0 Å². The zero-order valence-electron chi connectivity index (χ0n) is 18.4. The lowest BCUT2D eigenvalue weighted by molar-refractivity contribution is 0.484. The van der Waals surface area contributed by atoms with E-state index in [4.69, 9.17) is 4.74 Å². The molecule has 0 amide bonds. The van der Waals surface area contributed by atoms with Crippen molar-refractivity contribution in [2.45, 2.75) is 27.2 Å². The van der Waals surface area contributed by atoms with Gasteiger partial charge in [-0.3, -0.25) is 0 Å². The van der Waals surface area contributed by atoms with Crippen molar-refractivity contribution in [3.63, 3.8) is 0 Å². The number of ether oxygens (including phenoxy) is 1. The van der Waals surface area contributed by atoms with Gasteiger partial charge in [0.25, 0.3) is 0 Å². The topological polar surface area (TPSA) is 9.23 Å². The highest BCUT2D eigenvalue weighted by atomic mass is 16.5. The number of benzene rings is 5. The third-order valence-electron chi connectivity index (χ3n) is 5.42. The number of fused-ring (bicyclic) bond motifs is 2. The maximum Gasteiger partial charge on any atom is 0.128 e. The molecule has 0 saturated heterocycles. The Morgan fingerprint density at radius 1 is 0.516 bits per heavy atom. The molecule has 0 fully saturated rings. The van der Waals surface area contributed by atoms with E-state index in [0.29, 0.717) is 0 Å². The summed E-state index contributed by atoms with van der Waals surface area (Å²) in [4.78, 5) is 0. The van der Waals surface area contributed by atoms with Gasteiger partial charge in [-0.1, -0.05) is 96.9 Å². The Morgan fingerprint density at radius 2 is 1.00 bits per heavy atom. The van der Waals surface area contributed by atoms with E-state index < -0.39 is 0 Å². The molecular formula is C30H28O. The molecule has 0 aliphatic carbocycles. The molecule has 0 spiro atoms. The van der Waals surface area contributed by atoms with Gasteiger partial charge in [-0.2, -0.15) is 0 Å². The fourth-order valence-electron chi connectivity index (χ4n) is 3.67. The second-order valence-corrected chi connectivity index (χ2v) is 7.97. The van der Waals surface area contributed by atoms with E-state index in [2.05, 4.69) is 106 Å². The normalized spacial score (nSPS) is 10.5. The zero-order valence-corrected chi connectivity index (χ0v) is 18.4. The van der Waals surface area contributed by atoms with Crippen molar-refractivity contribution in [2.24, 2.45) is 0 Å². The van der Waals surface area contributed by atoms with Crippen LogP contribution in [0.3, 0.4) is 0 Å². The van der Waals surface area contributed by atoms with Crippen molar-refractivity contribution in [3.05, 3.63) is 120 Å². The van der Waals surface area contributed by atoms with Crippen LogP contribution in [0.5, 0.6) is 11.5 Å². The van der Waals surface area contributed by atoms with Gasteiger partial charge in [-0.05, 0) is 71.6 Å². The molecule has 31 heavy (non-hydrogen) atoms. The summed E-state index contributed by atoms with van der Waals surface area (Å²) in [7, 11) is 0. The average molecular weight is 405 g/mol. The quantitative estimate of drug-likeness (QED) is 0.292. The lowest BCUT2D eigenvalue weighted by Gasteiger charge is -2.09. The summed E-state index contributed by atoms with van der Waals surface area (Å²) in [6.07, 6.45) is 1.14. The largest absolute Gasteiger partial charge is 0.457 e. The molecule has 0 bridgehead atoms. The summed E-state index contributed by atoms with van der Waals surface area (Å²) in [5, 5.41) is 4.88. The standard InChI is InChI=1S/C22H18O.C8H10/c1-15-3-5-17-7-9-21(13-19(17)11-15)23-22-10-8-18-6-4-16(2)12-20(18)14-22;1-2-8-6-4-3-5-7-8/h3-14H,1-2H3;3-7H,2H2,1H3. The number of rotatable bonds is 3. The van der Waals surface area contributed by atoms with Crippen molar-refractivity contribution in [3.8, 4) is 11.5 Å². The van der Waals surface area contributed by atoms with Gasteiger partial charge >= 0.3 is 0 Å². The highest BCUT2D eigenvalue weighted by Gasteiger charge is 2.02.